The first-order chi connectivity index (χ1) is 7.56. The van der Waals surface area contributed by atoms with Gasteiger partial charge in [-0.25, -0.2) is 0 Å². The number of hydrogen-bond acceptors (Lipinski definition) is 4. The Morgan fingerprint density at radius 3 is 2.75 bits per heavy atom. The number of nitrogen functional groups attached to an aromatic ring is 1. The van der Waals surface area contributed by atoms with Gasteiger partial charge >= 0.3 is 0 Å². The number of carbonyl (C=O) groups is 1. The highest BCUT2D eigenvalue weighted by atomic mass is 16.1. The molecule has 0 radical (unpaired) electrons. The third-order valence-corrected chi connectivity index (χ3v) is 2.55. The van der Waals surface area contributed by atoms with Gasteiger partial charge in [-0.1, -0.05) is 0 Å². The normalized spacial score (nSPS) is 10.2. The number of rotatable bonds is 5. The number of Topliss-reactive ketones (excluding diaryl/α,β-unsaturated/α-hetero) is 1. The van der Waals surface area contributed by atoms with Crippen LogP contribution in [0.1, 0.15) is 17.3 Å². The molecule has 3 N–H and O–H groups in total. The minimum Gasteiger partial charge on any atom is -0.398 e. The first-order valence-corrected chi connectivity index (χ1v) is 5.32. The second-order valence-electron chi connectivity index (χ2n) is 3.85. The van der Waals surface area contributed by atoms with E-state index in [1.165, 1.54) is 6.92 Å². The smallest absolute Gasteiger partial charge is 0.161 e. The highest BCUT2D eigenvalue weighted by Crippen LogP contribution is 2.20. The Morgan fingerprint density at radius 2 is 2.19 bits per heavy atom. The van der Waals surface area contributed by atoms with Crippen LogP contribution in [-0.4, -0.2) is 33.0 Å². The zero-order valence-corrected chi connectivity index (χ0v) is 10.1. The van der Waals surface area contributed by atoms with Crippen LogP contribution in [0, 0.1) is 0 Å². The van der Waals surface area contributed by atoms with Gasteiger partial charge in [0.25, 0.3) is 0 Å². The number of carbonyl (C=O) groups excluding carboxylic acids is 1. The quantitative estimate of drug-likeness (QED) is 0.578. The lowest BCUT2D eigenvalue weighted by molar-refractivity contribution is 0.101. The Labute approximate surface area is 96.4 Å². The monoisotopic (exact) mass is 221 g/mol. The number of anilines is 2. The van der Waals surface area contributed by atoms with E-state index < -0.39 is 0 Å². The molecule has 4 heteroatoms. The van der Waals surface area contributed by atoms with Crippen LogP contribution in [0.15, 0.2) is 18.2 Å². The molecule has 0 aliphatic carbocycles. The number of nitrogens with zero attached hydrogens (tertiary/aromatic N) is 1. The number of likely N-dealkylation sites (N-methyl/N-ethyl adjacent to an activating group) is 2. The van der Waals surface area contributed by atoms with E-state index in [-0.39, 0.29) is 5.78 Å². The second kappa shape index (κ2) is 5.51. The van der Waals surface area contributed by atoms with Crippen molar-refractivity contribution < 1.29 is 4.79 Å². The zero-order valence-electron chi connectivity index (χ0n) is 10.1. The summed E-state index contributed by atoms with van der Waals surface area (Å²) in [5.41, 5.74) is 7.88. The van der Waals surface area contributed by atoms with Crippen molar-refractivity contribution in [3.8, 4) is 0 Å². The summed E-state index contributed by atoms with van der Waals surface area (Å²) in [5.74, 6) is 0.00127. The Morgan fingerprint density at radius 1 is 1.50 bits per heavy atom. The SMILES string of the molecule is CNCCN(C)c1ccc(N)c(C(C)=O)c1. The summed E-state index contributed by atoms with van der Waals surface area (Å²) in [7, 11) is 3.91. The van der Waals surface area contributed by atoms with Gasteiger partial charge in [0.2, 0.25) is 0 Å². The number of nitrogens with two attached hydrogens (primary N) is 1. The maximum absolute atomic E-state index is 11.3. The van der Waals surface area contributed by atoms with Crippen molar-refractivity contribution in [3.63, 3.8) is 0 Å². The van der Waals surface area contributed by atoms with Gasteiger partial charge in [-0.2, -0.15) is 0 Å². The van der Waals surface area contributed by atoms with Gasteiger partial charge in [-0.3, -0.25) is 4.79 Å². The van der Waals surface area contributed by atoms with Crippen LogP contribution in [0.5, 0.6) is 0 Å². The second-order valence-corrected chi connectivity index (χ2v) is 3.85. The fraction of sp³-hybridized carbons (Fsp3) is 0.417. The highest BCUT2D eigenvalue weighted by Gasteiger charge is 2.07. The van der Waals surface area contributed by atoms with Crippen molar-refractivity contribution in [3.05, 3.63) is 23.8 Å². The molecule has 0 amide bonds. The van der Waals surface area contributed by atoms with Gasteiger partial charge in [-0.15, -0.1) is 0 Å². The van der Waals surface area contributed by atoms with Gasteiger partial charge in [0, 0.05) is 37.1 Å². The molecule has 0 fully saturated rings. The van der Waals surface area contributed by atoms with E-state index in [4.69, 9.17) is 5.73 Å². The molecule has 4 nitrogen and oxygen atoms in total. The zero-order chi connectivity index (χ0) is 12.1. The summed E-state index contributed by atoms with van der Waals surface area (Å²) < 4.78 is 0. The molecular weight excluding hydrogens is 202 g/mol. The molecule has 0 spiro atoms. The van der Waals surface area contributed by atoms with Crippen LogP contribution in [0.4, 0.5) is 11.4 Å². The molecule has 0 aliphatic heterocycles. The molecule has 88 valence electrons. The lowest BCUT2D eigenvalue weighted by Gasteiger charge is -2.20. The average molecular weight is 221 g/mol. The molecule has 0 saturated carbocycles. The summed E-state index contributed by atoms with van der Waals surface area (Å²) in [4.78, 5) is 13.4. The summed E-state index contributed by atoms with van der Waals surface area (Å²) in [6, 6.07) is 5.55. The van der Waals surface area contributed by atoms with Crippen LogP contribution < -0.4 is 16.0 Å². The van der Waals surface area contributed by atoms with Crippen LogP contribution in [-0.2, 0) is 0 Å². The molecule has 0 aromatic heterocycles. The maximum Gasteiger partial charge on any atom is 0.161 e. The maximum atomic E-state index is 11.3. The molecule has 1 aromatic carbocycles. The highest BCUT2D eigenvalue weighted by molar-refractivity contribution is 6.00. The first-order valence-electron chi connectivity index (χ1n) is 5.32. The van der Waals surface area contributed by atoms with E-state index in [0.717, 1.165) is 18.8 Å². The third-order valence-electron chi connectivity index (χ3n) is 2.55. The van der Waals surface area contributed by atoms with Crippen molar-refractivity contribution in [2.45, 2.75) is 6.92 Å². The lowest BCUT2D eigenvalue weighted by Crippen LogP contribution is -2.27. The van der Waals surface area contributed by atoms with E-state index >= 15 is 0 Å². The van der Waals surface area contributed by atoms with Crippen LogP contribution in [0.25, 0.3) is 0 Å². The van der Waals surface area contributed by atoms with E-state index in [2.05, 4.69) is 10.2 Å². The molecule has 0 saturated heterocycles. The number of hydrogen-bond donors (Lipinski definition) is 2. The van der Waals surface area contributed by atoms with Crippen molar-refractivity contribution in [1.29, 1.82) is 0 Å². The Kier molecular flexibility index (Phi) is 4.31. The molecule has 1 aromatic rings. The third kappa shape index (κ3) is 2.97. The Balaban J connectivity index is 2.89. The fourth-order valence-electron chi connectivity index (χ4n) is 1.50. The minimum absolute atomic E-state index is 0.00127. The van der Waals surface area contributed by atoms with Crippen LogP contribution in [0.3, 0.4) is 0 Å². The summed E-state index contributed by atoms with van der Waals surface area (Å²) >= 11 is 0. The van der Waals surface area contributed by atoms with Gasteiger partial charge in [0.05, 0.1) is 0 Å². The number of benzene rings is 1. The van der Waals surface area contributed by atoms with Gasteiger partial charge in [-0.05, 0) is 32.2 Å². The predicted octanol–water partition coefficient (Wildman–Crippen LogP) is 1.13. The summed E-state index contributed by atoms with van der Waals surface area (Å²) in [6.07, 6.45) is 0. The molecule has 0 atom stereocenters. The van der Waals surface area contributed by atoms with E-state index in [1.807, 2.05) is 26.2 Å². The van der Waals surface area contributed by atoms with Crippen molar-refractivity contribution in [2.75, 3.05) is 37.8 Å². The molecule has 1 rings (SSSR count). The Bertz CT molecular complexity index is 377. The lowest BCUT2D eigenvalue weighted by atomic mass is 10.1. The topological polar surface area (TPSA) is 58.4 Å². The summed E-state index contributed by atoms with van der Waals surface area (Å²) in [6.45, 7) is 3.32. The minimum atomic E-state index is 0.00127. The molecule has 0 heterocycles. The molecule has 0 unspecified atom stereocenters. The van der Waals surface area contributed by atoms with Gasteiger partial charge in [0.15, 0.2) is 5.78 Å². The number of ketones is 1. The predicted molar refractivity (Wildman–Crippen MR) is 68.1 cm³/mol. The van der Waals surface area contributed by atoms with E-state index in [0.29, 0.717) is 11.3 Å². The van der Waals surface area contributed by atoms with Crippen molar-refractivity contribution in [1.82, 2.24) is 5.32 Å². The fourth-order valence-corrected chi connectivity index (χ4v) is 1.50. The average Bonchev–Trinajstić information content (AvgIpc) is 2.26. The standard InChI is InChI=1S/C12H19N3O/c1-9(16)11-8-10(4-5-12(11)13)15(3)7-6-14-2/h4-5,8,14H,6-7,13H2,1-3H3. The number of nitrogens with one attached hydrogen (secondary N) is 1. The Hall–Kier alpha value is -1.55. The van der Waals surface area contributed by atoms with Gasteiger partial charge in [0.1, 0.15) is 0 Å². The van der Waals surface area contributed by atoms with Crippen LogP contribution >= 0.6 is 0 Å². The molecular formula is C12H19N3O. The largest absolute Gasteiger partial charge is 0.398 e. The van der Waals surface area contributed by atoms with Gasteiger partial charge < -0.3 is 16.0 Å². The van der Waals surface area contributed by atoms with E-state index in [9.17, 15) is 4.79 Å². The molecule has 0 aliphatic rings. The van der Waals surface area contributed by atoms with Crippen molar-refractivity contribution >= 4 is 17.2 Å². The van der Waals surface area contributed by atoms with Crippen molar-refractivity contribution in [2.24, 2.45) is 0 Å². The molecule has 0 bridgehead atoms. The van der Waals surface area contributed by atoms with Crippen LogP contribution in [0.2, 0.25) is 0 Å². The van der Waals surface area contributed by atoms with E-state index in [1.54, 1.807) is 6.07 Å². The summed E-state index contributed by atoms with van der Waals surface area (Å²) in [5, 5.41) is 3.08. The molecule has 16 heavy (non-hydrogen) atoms. The first kappa shape index (κ1) is 12.5.